The van der Waals surface area contributed by atoms with Crippen LogP contribution in [0, 0.1) is 6.92 Å². The van der Waals surface area contributed by atoms with E-state index in [1.165, 1.54) is 18.2 Å². The fourth-order valence-electron chi connectivity index (χ4n) is 3.58. The van der Waals surface area contributed by atoms with Crippen LogP contribution in [-0.2, 0) is 22.8 Å². The van der Waals surface area contributed by atoms with E-state index in [2.05, 4.69) is 5.32 Å². The Morgan fingerprint density at radius 3 is 2.39 bits per heavy atom. The number of nitrogens with zero attached hydrogens (tertiary/aromatic N) is 1. The number of rotatable bonds is 9. The maximum Gasteiger partial charge on any atom is 0.387 e. The molecule has 178 valence electrons. The van der Waals surface area contributed by atoms with Gasteiger partial charge in [0.2, 0.25) is 0 Å². The van der Waals surface area contributed by atoms with Crippen LogP contribution in [0.15, 0.2) is 53.4 Å². The van der Waals surface area contributed by atoms with Gasteiger partial charge in [-0.05, 0) is 61.9 Å². The third kappa shape index (κ3) is 6.25. The Morgan fingerprint density at radius 2 is 1.82 bits per heavy atom. The van der Waals surface area contributed by atoms with Crippen molar-refractivity contribution in [1.82, 2.24) is 4.57 Å². The highest BCUT2D eigenvalue weighted by Gasteiger charge is 2.20. The number of hydrogen-bond donors (Lipinski definition) is 2. The molecule has 3 aromatic rings. The molecule has 0 amide bonds. The highest BCUT2D eigenvalue weighted by Crippen LogP contribution is 2.33. The molecule has 0 bridgehead atoms. The van der Waals surface area contributed by atoms with Gasteiger partial charge in [0, 0.05) is 47.4 Å². The summed E-state index contributed by atoms with van der Waals surface area (Å²) >= 11 is 5.99. The molecule has 0 spiro atoms. The molecule has 2 aromatic carbocycles. The minimum absolute atomic E-state index is 0.0704. The van der Waals surface area contributed by atoms with E-state index < -0.39 is 22.6 Å². The molecular formula is C23H25ClF2N2O4S. The monoisotopic (exact) mass is 498 g/mol. The van der Waals surface area contributed by atoms with Crippen LogP contribution < -0.4 is 10.1 Å². The first-order valence-electron chi connectivity index (χ1n) is 10.1. The molecule has 0 radical (unpaired) electrons. The number of anilines is 1. The predicted molar refractivity (Wildman–Crippen MR) is 124 cm³/mol. The van der Waals surface area contributed by atoms with Crippen molar-refractivity contribution >= 4 is 27.1 Å². The molecule has 2 N–H and O–H groups in total. The summed E-state index contributed by atoms with van der Waals surface area (Å²) in [5.41, 5.74) is 3.47. The number of halogens is 3. The molecule has 0 saturated carbocycles. The largest absolute Gasteiger partial charge is 0.433 e. The minimum atomic E-state index is -3.28. The Bertz CT molecular complexity index is 1230. The second kappa shape index (κ2) is 10.1. The van der Waals surface area contributed by atoms with Gasteiger partial charge < -0.3 is 19.7 Å². The van der Waals surface area contributed by atoms with Crippen LogP contribution in [-0.4, -0.2) is 37.1 Å². The molecule has 0 aliphatic heterocycles. The lowest BCUT2D eigenvalue weighted by Crippen LogP contribution is -2.12. The SMILES string of the molecule is Cc1c(CNc2ccc(S(C)(=O)=O)cc2)cc(CC(C)O)n1-c1ccc(Cl)cc1OC(F)F. The van der Waals surface area contributed by atoms with Gasteiger partial charge in [0.15, 0.2) is 15.6 Å². The summed E-state index contributed by atoms with van der Waals surface area (Å²) in [7, 11) is -3.28. The number of sulfone groups is 1. The minimum Gasteiger partial charge on any atom is -0.433 e. The Hall–Kier alpha value is -2.62. The molecule has 0 fully saturated rings. The molecule has 10 heteroatoms. The summed E-state index contributed by atoms with van der Waals surface area (Å²) in [5, 5.41) is 13.5. The zero-order valence-corrected chi connectivity index (χ0v) is 19.9. The molecule has 1 atom stereocenters. The first kappa shape index (κ1) is 25.0. The van der Waals surface area contributed by atoms with Crippen molar-refractivity contribution < 1.29 is 27.0 Å². The standard InChI is InChI=1S/C23H25ClF2N2O4S/c1-14(29)10-19-11-16(13-27-18-5-7-20(8-6-18)33(3,30)31)15(2)28(19)21-9-4-17(24)12-22(21)32-23(25)26/h4-9,11-12,14,23,27,29H,10,13H2,1-3H3. The topological polar surface area (TPSA) is 80.6 Å². The van der Waals surface area contributed by atoms with Gasteiger partial charge in [-0.2, -0.15) is 8.78 Å². The molecule has 33 heavy (non-hydrogen) atoms. The number of hydrogen-bond acceptors (Lipinski definition) is 5. The van der Waals surface area contributed by atoms with Crippen LogP contribution in [0.4, 0.5) is 14.5 Å². The van der Waals surface area contributed by atoms with Crippen molar-refractivity contribution in [3.05, 3.63) is 70.5 Å². The number of alkyl halides is 2. The smallest absolute Gasteiger partial charge is 0.387 e. The normalized spacial score (nSPS) is 12.7. The van der Waals surface area contributed by atoms with E-state index in [4.69, 9.17) is 16.3 Å². The van der Waals surface area contributed by atoms with E-state index in [0.717, 1.165) is 23.2 Å². The fourth-order valence-corrected chi connectivity index (χ4v) is 4.37. The first-order valence-corrected chi connectivity index (χ1v) is 12.4. The van der Waals surface area contributed by atoms with E-state index in [1.807, 2.05) is 13.0 Å². The number of aliphatic hydroxyl groups is 1. The van der Waals surface area contributed by atoms with Gasteiger partial charge in [-0.15, -0.1) is 0 Å². The van der Waals surface area contributed by atoms with E-state index in [-0.39, 0.29) is 15.7 Å². The van der Waals surface area contributed by atoms with Crippen molar-refractivity contribution in [3.63, 3.8) is 0 Å². The summed E-state index contributed by atoms with van der Waals surface area (Å²) in [4.78, 5) is 0.226. The van der Waals surface area contributed by atoms with Crippen molar-refractivity contribution in [2.24, 2.45) is 0 Å². The molecule has 0 saturated heterocycles. The molecule has 1 aromatic heterocycles. The van der Waals surface area contributed by atoms with Gasteiger partial charge in [-0.25, -0.2) is 8.42 Å². The molecule has 0 aliphatic rings. The van der Waals surface area contributed by atoms with Crippen LogP contribution in [0.3, 0.4) is 0 Å². The third-order valence-electron chi connectivity index (χ3n) is 5.08. The maximum atomic E-state index is 13.0. The van der Waals surface area contributed by atoms with Crippen molar-refractivity contribution in [2.45, 2.75) is 44.4 Å². The van der Waals surface area contributed by atoms with Crippen molar-refractivity contribution in [2.75, 3.05) is 11.6 Å². The third-order valence-corrected chi connectivity index (χ3v) is 6.44. The Morgan fingerprint density at radius 1 is 1.15 bits per heavy atom. The number of aliphatic hydroxyl groups excluding tert-OH is 1. The van der Waals surface area contributed by atoms with E-state index >= 15 is 0 Å². The number of ether oxygens (including phenoxy) is 1. The molecular weight excluding hydrogens is 474 g/mol. The summed E-state index contributed by atoms with van der Waals surface area (Å²) in [5.74, 6) is -0.0704. The number of aromatic nitrogens is 1. The lowest BCUT2D eigenvalue weighted by molar-refractivity contribution is -0.0498. The van der Waals surface area contributed by atoms with E-state index in [0.29, 0.717) is 24.3 Å². The molecule has 3 rings (SSSR count). The Labute approximate surface area is 196 Å². The average Bonchev–Trinajstić information content (AvgIpc) is 3.00. The van der Waals surface area contributed by atoms with Crippen molar-refractivity contribution in [1.29, 1.82) is 0 Å². The van der Waals surface area contributed by atoms with Gasteiger partial charge >= 0.3 is 6.61 Å². The lowest BCUT2D eigenvalue weighted by atomic mass is 10.2. The molecule has 6 nitrogen and oxygen atoms in total. The van der Waals surface area contributed by atoms with Gasteiger partial charge in [-0.1, -0.05) is 11.6 Å². The van der Waals surface area contributed by atoms with Crippen LogP contribution in [0.1, 0.15) is 23.9 Å². The van der Waals surface area contributed by atoms with Gasteiger partial charge in [0.25, 0.3) is 0 Å². The van der Waals surface area contributed by atoms with Crippen LogP contribution in [0.5, 0.6) is 5.75 Å². The summed E-state index contributed by atoms with van der Waals surface area (Å²) in [6, 6.07) is 12.8. The summed E-state index contributed by atoms with van der Waals surface area (Å²) in [6.07, 6.45) is 0.781. The molecule has 0 aliphatic carbocycles. The quantitative estimate of drug-likeness (QED) is 0.435. The molecule has 1 heterocycles. The second-order valence-corrected chi connectivity index (χ2v) is 10.2. The average molecular weight is 499 g/mol. The summed E-state index contributed by atoms with van der Waals surface area (Å²) < 4.78 is 55.8. The Balaban J connectivity index is 1.96. The van der Waals surface area contributed by atoms with Crippen LogP contribution in [0.25, 0.3) is 5.69 Å². The van der Waals surface area contributed by atoms with Crippen LogP contribution >= 0.6 is 11.6 Å². The second-order valence-electron chi connectivity index (χ2n) is 7.78. The van der Waals surface area contributed by atoms with E-state index in [1.54, 1.807) is 35.8 Å². The fraction of sp³-hybridized carbons (Fsp3) is 0.304. The van der Waals surface area contributed by atoms with Gasteiger partial charge in [0.1, 0.15) is 0 Å². The van der Waals surface area contributed by atoms with E-state index in [9.17, 15) is 22.3 Å². The zero-order valence-electron chi connectivity index (χ0n) is 18.3. The zero-order chi connectivity index (χ0) is 24.3. The summed E-state index contributed by atoms with van der Waals surface area (Å²) in [6.45, 7) is 0.861. The lowest BCUT2D eigenvalue weighted by Gasteiger charge is -2.17. The first-order chi connectivity index (χ1) is 15.5. The highest BCUT2D eigenvalue weighted by molar-refractivity contribution is 7.90. The number of benzene rings is 2. The van der Waals surface area contributed by atoms with Gasteiger partial charge in [0.05, 0.1) is 16.7 Å². The highest BCUT2D eigenvalue weighted by atomic mass is 35.5. The van der Waals surface area contributed by atoms with Crippen LogP contribution in [0.2, 0.25) is 5.02 Å². The Kier molecular flexibility index (Phi) is 7.66. The van der Waals surface area contributed by atoms with Gasteiger partial charge in [-0.3, -0.25) is 0 Å². The number of nitrogens with one attached hydrogen (secondary N) is 1. The van der Waals surface area contributed by atoms with Crippen molar-refractivity contribution in [3.8, 4) is 11.4 Å². The maximum absolute atomic E-state index is 13.0. The predicted octanol–water partition coefficient (Wildman–Crippen LogP) is 4.98. The molecule has 1 unspecified atom stereocenters.